The van der Waals surface area contributed by atoms with E-state index in [1.165, 1.54) is 0 Å². The van der Waals surface area contributed by atoms with Crippen molar-refractivity contribution in [3.8, 4) is 0 Å². The number of alkyl halides is 9. The Kier molecular flexibility index (Phi) is 5.75. The minimum Gasteiger partial charge on any atom is -0.284 e. The number of Topliss-reactive ketones (excluding diaryl/α,β-unsaturated/α-hetero) is 3. The van der Waals surface area contributed by atoms with Crippen molar-refractivity contribution < 1.29 is 66.9 Å². The lowest BCUT2D eigenvalue weighted by Crippen LogP contribution is -2.31. The highest BCUT2D eigenvalue weighted by Gasteiger charge is 2.48. The summed E-state index contributed by atoms with van der Waals surface area (Å²) in [4.78, 5) is 31.2. The Labute approximate surface area is 147 Å². The number of rotatable bonds is 4. The largest absolute Gasteiger partial charge is 0.454 e. The van der Waals surface area contributed by atoms with Gasteiger partial charge < -0.3 is 0 Å². The van der Waals surface area contributed by atoms with Gasteiger partial charge in [-0.25, -0.2) is 0 Å². The summed E-state index contributed by atoms with van der Waals surface area (Å²) in [6, 6.07) is -1.27. The first-order valence-electron chi connectivity index (χ1n) is 6.19. The fourth-order valence-electron chi connectivity index (χ4n) is 1.84. The molecule has 0 aliphatic carbocycles. The maximum absolute atomic E-state index is 12.6. The van der Waals surface area contributed by atoms with Crippen LogP contribution in [0.5, 0.6) is 0 Å². The number of ketones is 3. The smallest absolute Gasteiger partial charge is 0.284 e. The Balaban J connectivity index is 4.15. The Morgan fingerprint density at radius 2 is 0.964 bits per heavy atom. The Bertz CT molecular complexity index is 906. The van der Waals surface area contributed by atoms with Crippen molar-refractivity contribution in [3.63, 3.8) is 0 Å². The monoisotopic (exact) mass is 446 g/mol. The Morgan fingerprint density at radius 3 is 1.18 bits per heavy atom. The molecule has 0 aromatic heterocycles. The summed E-state index contributed by atoms with van der Waals surface area (Å²) in [5.74, 6) is -9.73. The molecule has 28 heavy (non-hydrogen) atoms. The van der Waals surface area contributed by atoms with Gasteiger partial charge in [0.15, 0.2) is 0 Å². The molecule has 0 radical (unpaired) electrons. The number of carbonyl (C=O) groups excluding carboxylic acids is 3. The molecule has 0 unspecified atom stereocenters. The second kappa shape index (κ2) is 6.84. The van der Waals surface area contributed by atoms with E-state index in [0.29, 0.717) is 0 Å². The van der Waals surface area contributed by atoms with E-state index in [1.807, 2.05) is 0 Å². The highest BCUT2D eigenvalue weighted by Crippen LogP contribution is 2.34. The first kappa shape index (κ1) is 23.5. The maximum Gasteiger partial charge on any atom is 0.454 e. The predicted octanol–water partition coefficient (Wildman–Crippen LogP) is 3.17. The van der Waals surface area contributed by atoms with Gasteiger partial charge in [0.25, 0.3) is 27.5 Å². The number of hydrogen-bond acceptors (Lipinski definition) is 5. The van der Waals surface area contributed by atoms with Crippen LogP contribution in [0.15, 0.2) is 17.0 Å². The molecule has 1 aromatic rings. The normalized spacial score (nSPS) is 13.4. The molecule has 6 nitrogen and oxygen atoms in total. The van der Waals surface area contributed by atoms with Gasteiger partial charge in [0, 0.05) is 16.7 Å². The zero-order valence-corrected chi connectivity index (χ0v) is 13.3. The number of benzene rings is 1. The van der Waals surface area contributed by atoms with E-state index >= 15 is 0 Å². The van der Waals surface area contributed by atoms with Crippen molar-refractivity contribution in [1.82, 2.24) is 0 Å². The van der Waals surface area contributed by atoms with Gasteiger partial charge in [0.1, 0.15) is 4.90 Å². The van der Waals surface area contributed by atoms with Gasteiger partial charge in [0.05, 0.1) is 0 Å². The molecular weight excluding hydrogens is 443 g/mol. The lowest BCUT2D eigenvalue weighted by molar-refractivity contribution is -0.0893. The molecule has 1 rings (SSSR count). The van der Waals surface area contributed by atoms with Gasteiger partial charge in [0.2, 0.25) is 0 Å². The predicted molar refractivity (Wildman–Crippen MR) is 67.4 cm³/mol. The van der Waals surface area contributed by atoms with Gasteiger partial charge in [-0.15, -0.1) is 0 Å². The molecule has 0 heterocycles. The van der Waals surface area contributed by atoms with E-state index in [0.717, 1.165) is 0 Å². The van der Waals surface area contributed by atoms with Crippen LogP contribution in [-0.4, -0.2) is 48.8 Å². The van der Waals surface area contributed by atoms with E-state index in [-0.39, 0.29) is 0 Å². The quantitative estimate of drug-likeness (QED) is 0.433. The fraction of sp³-hybridized carbons (Fsp3) is 0.250. The van der Waals surface area contributed by atoms with Crippen LogP contribution < -0.4 is 0 Å². The topological polar surface area (TPSA) is 106 Å². The summed E-state index contributed by atoms with van der Waals surface area (Å²) in [5, 5.41) is 0. The Morgan fingerprint density at radius 1 is 0.679 bits per heavy atom. The third kappa shape index (κ3) is 4.86. The molecule has 0 saturated carbocycles. The summed E-state index contributed by atoms with van der Waals surface area (Å²) in [5.41, 5.74) is -7.02. The van der Waals surface area contributed by atoms with Crippen LogP contribution in [0.1, 0.15) is 31.1 Å². The Hall–Kier alpha value is -2.49. The van der Waals surface area contributed by atoms with Crippen molar-refractivity contribution >= 4 is 27.5 Å². The van der Waals surface area contributed by atoms with Gasteiger partial charge in [-0.05, 0) is 12.1 Å². The zero-order chi connectivity index (χ0) is 22.5. The second-order valence-electron chi connectivity index (χ2n) is 4.86. The molecule has 1 aromatic carbocycles. The molecule has 16 heteroatoms. The molecule has 0 fully saturated rings. The minimum absolute atomic E-state index is 0.637. The third-order valence-corrected chi connectivity index (χ3v) is 3.83. The summed E-state index contributed by atoms with van der Waals surface area (Å²) in [7, 11) is -6.19. The fourth-order valence-corrected chi connectivity index (χ4v) is 2.70. The second-order valence-corrected chi connectivity index (χ2v) is 6.21. The summed E-state index contributed by atoms with van der Waals surface area (Å²) in [6.45, 7) is 0. The lowest BCUT2D eigenvalue weighted by Gasteiger charge is -2.16. The molecule has 156 valence electrons. The molecule has 0 aliphatic rings. The summed E-state index contributed by atoms with van der Waals surface area (Å²) >= 11 is 0. The van der Waals surface area contributed by atoms with E-state index in [1.54, 1.807) is 0 Å². The van der Waals surface area contributed by atoms with Crippen molar-refractivity contribution in [3.05, 3.63) is 28.8 Å². The van der Waals surface area contributed by atoms with E-state index in [4.69, 9.17) is 4.55 Å². The van der Waals surface area contributed by atoms with E-state index in [2.05, 4.69) is 0 Å². The maximum atomic E-state index is 12.6. The van der Waals surface area contributed by atoms with Crippen LogP contribution in [0.4, 0.5) is 39.5 Å². The molecule has 0 atom stereocenters. The van der Waals surface area contributed by atoms with Crippen molar-refractivity contribution in [2.75, 3.05) is 0 Å². The average molecular weight is 446 g/mol. The molecule has 0 bridgehead atoms. The van der Waals surface area contributed by atoms with Gasteiger partial charge in [-0.2, -0.15) is 47.9 Å². The number of halogens is 9. The van der Waals surface area contributed by atoms with E-state index < -0.39 is 79.7 Å². The number of hydrogen-bond donors (Lipinski definition) is 1. The molecular formula is C12H3F9O6S. The van der Waals surface area contributed by atoms with Crippen LogP contribution in [-0.2, 0) is 10.1 Å². The van der Waals surface area contributed by atoms with Crippen molar-refractivity contribution in [2.24, 2.45) is 0 Å². The first-order valence-corrected chi connectivity index (χ1v) is 7.63. The van der Waals surface area contributed by atoms with Crippen LogP contribution in [0.3, 0.4) is 0 Å². The van der Waals surface area contributed by atoms with Crippen LogP contribution in [0.2, 0.25) is 0 Å². The van der Waals surface area contributed by atoms with Crippen LogP contribution >= 0.6 is 0 Å². The average Bonchev–Trinajstić information content (AvgIpc) is 2.47. The van der Waals surface area contributed by atoms with Gasteiger partial charge in [-0.3, -0.25) is 18.9 Å². The molecule has 0 aliphatic heterocycles. The standard InChI is InChI=1S/C12H3F9O6S/c13-10(14,15)7(22)3-1-4(8(23)11(16,17)18)6(28(25,26)27)5(2-3)9(24)12(19,20)21/h1-2H,(H,25,26,27). The van der Waals surface area contributed by atoms with E-state index in [9.17, 15) is 62.3 Å². The van der Waals surface area contributed by atoms with Gasteiger partial charge in [-0.1, -0.05) is 0 Å². The minimum atomic E-state index is -6.19. The summed E-state index contributed by atoms with van der Waals surface area (Å²) < 4.78 is 144. The highest BCUT2D eigenvalue weighted by molar-refractivity contribution is 7.86. The highest BCUT2D eigenvalue weighted by atomic mass is 32.2. The molecule has 0 saturated heterocycles. The zero-order valence-electron chi connectivity index (χ0n) is 12.5. The molecule has 0 spiro atoms. The molecule has 0 amide bonds. The molecule has 1 N–H and O–H groups in total. The number of carbonyl (C=O) groups is 3. The van der Waals surface area contributed by atoms with Gasteiger partial charge >= 0.3 is 18.5 Å². The SMILES string of the molecule is O=C(c1cc(C(=O)C(F)(F)F)c(S(=O)(=O)O)c(C(=O)C(F)(F)F)c1)C(F)(F)F. The van der Waals surface area contributed by atoms with Crippen molar-refractivity contribution in [1.29, 1.82) is 0 Å². The first-order chi connectivity index (χ1) is 12.2. The van der Waals surface area contributed by atoms with Crippen molar-refractivity contribution in [2.45, 2.75) is 23.4 Å². The van der Waals surface area contributed by atoms with Crippen LogP contribution in [0, 0.1) is 0 Å². The lowest BCUT2D eigenvalue weighted by atomic mass is 9.97. The summed E-state index contributed by atoms with van der Waals surface area (Å²) in [6.07, 6.45) is -18.0. The third-order valence-electron chi connectivity index (χ3n) is 2.87. The van der Waals surface area contributed by atoms with Crippen LogP contribution in [0.25, 0.3) is 0 Å².